The first-order valence-corrected chi connectivity index (χ1v) is 7.40. The molecule has 0 amide bonds. The minimum absolute atomic E-state index is 0.195. The van der Waals surface area contributed by atoms with E-state index in [4.69, 9.17) is 4.74 Å². The number of nitrogens with one attached hydrogen (secondary N) is 1. The second-order valence-electron chi connectivity index (χ2n) is 5.71. The van der Waals surface area contributed by atoms with Crippen LogP contribution in [0.1, 0.15) is 32.8 Å². The van der Waals surface area contributed by atoms with Gasteiger partial charge in [0.15, 0.2) is 0 Å². The van der Waals surface area contributed by atoms with Crippen LogP contribution in [0, 0.1) is 12.3 Å². The van der Waals surface area contributed by atoms with Gasteiger partial charge in [-0.25, -0.2) is 0 Å². The maximum absolute atomic E-state index is 6.14. The molecule has 100 valence electrons. The van der Waals surface area contributed by atoms with Gasteiger partial charge >= 0.3 is 0 Å². The van der Waals surface area contributed by atoms with Gasteiger partial charge in [0.2, 0.25) is 0 Å². The molecule has 1 aromatic carbocycles. The quantitative estimate of drug-likeness (QED) is 0.910. The van der Waals surface area contributed by atoms with Crippen LogP contribution in [-0.2, 0) is 0 Å². The van der Waals surface area contributed by atoms with Crippen molar-refractivity contribution in [3.05, 3.63) is 28.2 Å². The molecule has 1 fully saturated rings. The van der Waals surface area contributed by atoms with Gasteiger partial charge in [-0.2, -0.15) is 0 Å². The zero-order chi connectivity index (χ0) is 13.3. The molecular formula is C15H22BrNO. The van der Waals surface area contributed by atoms with Gasteiger partial charge in [-0.1, -0.05) is 26.8 Å². The largest absolute Gasteiger partial charge is 0.489 e. The van der Waals surface area contributed by atoms with Crippen molar-refractivity contribution in [2.24, 2.45) is 5.41 Å². The summed E-state index contributed by atoms with van der Waals surface area (Å²) >= 11 is 3.57. The smallest absolute Gasteiger partial charge is 0.133 e. The van der Waals surface area contributed by atoms with E-state index in [-0.39, 0.29) is 5.41 Å². The van der Waals surface area contributed by atoms with Crippen molar-refractivity contribution in [2.45, 2.75) is 46.3 Å². The van der Waals surface area contributed by atoms with Gasteiger partial charge in [0, 0.05) is 17.9 Å². The van der Waals surface area contributed by atoms with Gasteiger partial charge in [-0.3, -0.25) is 0 Å². The van der Waals surface area contributed by atoms with E-state index >= 15 is 0 Å². The second kappa shape index (κ2) is 5.22. The van der Waals surface area contributed by atoms with Gasteiger partial charge in [0.1, 0.15) is 11.9 Å². The van der Waals surface area contributed by atoms with E-state index in [1.807, 2.05) is 0 Å². The second-order valence-corrected chi connectivity index (χ2v) is 6.56. The summed E-state index contributed by atoms with van der Waals surface area (Å²) in [5, 5.41) is 3.52. The molecule has 1 aromatic rings. The number of ether oxygens (including phenoxy) is 1. The van der Waals surface area contributed by atoms with Crippen LogP contribution in [0.15, 0.2) is 22.7 Å². The maximum atomic E-state index is 6.14. The molecule has 0 aliphatic heterocycles. The lowest BCUT2D eigenvalue weighted by atomic mass is 9.64. The minimum Gasteiger partial charge on any atom is -0.489 e. The Morgan fingerprint density at radius 3 is 2.72 bits per heavy atom. The fraction of sp³-hybridized carbons (Fsp3) is 0.600. The van der Waals surface area contributed by atoms with Crippen LogP contribution in [0.5, 0.6) is 5.75 Å². The highest BCUT2D eigenvalue weighted by molar-refractivity contribution is 9.10. The van der Waals surface area contributed by atoms with Crippen molar-refractivity contribution in [3.63, 3.8) is 0 Å². The fourth-order valence-corrected chi connectivity index (χ4v) is 3.12. The molecule has 2 nitrogen and oxygen atoms in total. The molecule has 18 heavy (non-hydrogen) atoms. The fourth-order valence-electron chi connectivity index (χ4n) is 2.53. The van der Waals surface area contributed by atoms with Gasteiger partial charge < -0.3 is 10.1 Å². The topological polar surface area (TPSA) is 21.3 Å². The Balaban J connectivity index is 2.03. The molecule has 0 saturated heterocycles. The van der Waals surface area contributed by atoms with Crippen LogP contribution in [0.4, 0.5) is 0 Å². The highest BCUT2D eigenvalue weighted by atomic mass is 79.9. The maximum Gasteiger partial charge on any atom is 0.133 e. The molecule has 3 heteroatoms. The van der Waals surface area contributed by atoms with E-state index in [9.17, 15) is 0 Å². The lowest BCUT2D eigenvalue weighted by molar-refractivity contribution is -0.0545. The Kier molecular flexibility index (Phi) is 4.02. The Morgan fingerprint density at radius 2 is 2.17 bits per heavy atom. The zero-order valence-corrected chi connectivity index (χ0v) is 13.2. The van der Waals surface area contributed by atoms with Crippen LogP contribution >= 0.6 is 15.9 Å². The lowest BCUT2D eigenvalue weighted by Gasteiger charge is -2.51. The standard InChI is InChI=1S/C15H22BrNO/c1-5-17-13-9-14(15(13,3)4)18-12-7-6-10(2)8-11(12)16/h6-8,13-14,17H,5,9H2,1-4H3. The van der Waals surface area contributed by atoms with E-state index in [1.54, 1.807) is 0 Å². The van der Waals surface area contributed by atoms with Gasteiger partial charge in [0.05, 0.1) is 4.47 Å². The Bertz CT molecular complexity index is 431. The molecule has 1 aliphatic rings. The van der Waals surface area contributed by atoms with Crippen molar-refractivity contribution in [2.75, 3.05) is 6.54 Å². The molecule has 1 saturated carbocycles. The van der Waals surface area contributed by atoms with Crippen molar-refractivity contribution >= 4 is 15.9 Å². The van der Waals surface area contributed by atoms with Crippen molar-refractivity contribution in [1.29, 1.82) is 0 Å². The number of halogens is 1. The predicted molar refractivity (Wildman–Crippen MR) is 79.2 cm³/mol. The highest BCUT2D eigenvalue weighted by Crippen LogP contribution is 2.44. The summed E-state index contributed by atoms with van der Waals surface area (Å²) in [6.07, 6.45) is 1.38. The molecule has 1 aliphatic carbocycles. The van der Waals surface area contributed by atoms with E-state index in [0.29, 0.717) is 12.1 Å². The summed E-state index contributed by atoms with van der Waals surface area (Å²) in [4.78, 5) is 0. The molecular weight excluding hydrogens is 290 g/mol. The van der Waals surface area contributed by atoms with Gasteiger partial charge in [0.25, 0.3) is 0 Å². The van der Waals surface area contributed by atoms with Crippen molar-refractivity contribution in [3.8, 4) is 5.75 Å². The molecule has 0 heterocycles. The average Bonchev–Trinajstić information content (AvgIpc) is 2.30. The molecule has 2 atom stereocenters. The summed E-state index contributed by atoms with van der Waals surface area (Å²) < 4.78 is 7.19. The van der Waals surface area contributed by atoms with Gasteiger partial charge in [-0.15, -0.1) is 0 Å². The molecule has 0 radical (unpaired) electrons. The normalized spacial score (nSPS) is 25.6. The summed E-state index contributed by atoms with van der Waals surface area (Å²) in [6.45, 7) is 9.81. The molecule has 0 bridgehead atoms. The monoisotopic (exact) mass is 311 g/mol. The molecule has 2 rings (SSSR count). The van der Waals surface area contributed by atoms with Crippen molar-refractivity contribution in [1.82, 2.24) is 5.32 Å². The van der Waals surface area contributed by atoms with Crippen LogP contribution in [-0.4, -0.2) is 18.7 Å². The Morgan fingerprint density at radius 1 is 1.44 bits per heavy atom. The summed E-state index contributed by atoms with van der Waals surface area (Å²) in [5.74, 6) is 0.952. The Hall–Kier alpha value is -0.540. The third-order valence-corrected chi connectivity index (χ3v) is 4.60. The number of hydrogen-bond acceptors (Lipinski definition) is 2. The summed E-state index contributed by atoms with van der Waals surface area (Å²) in [5.41, 5.74) is 1.44. The molecule has 2 unspecified atom stereocenters. The average molecular weight is 312 g/mol. The number of hydrogen-bond donors (Lipinski definition) is 1. The molecule has 0 spiro atoms. The third kappa shape index (κ3) is 2.57. The Labute approximate surface area is 118 Å². The SMILES string of the molecule is CCNC1CC(Oc2ccc(C)cc2Br)C1(C)C. The van der Waals surface area contributed by atoms with E-state index in [1.165, 1.54) is 5.56 Å². The zero-order valence-electron chi connectivity index (χ0n) is 11.6. The predicted octanol–water partition coefficient (Wildman–Crippen LogP) is 3.91. The number of aryl methyl sites for hydroxylation is 1. The highest BCUT2D eigenvalue weighted by Gasteiger charge is 2.49. The van der Waals surface area contributed by atoms with Gasteiger partial charge in [-0.05, 0) is 47.1 Å². The van der Waals surface area contributed by atoms with Crippen LogP contribution in [0.2, 0.25) is 0 Å². The van der Waals surface area contributed by atoms with E-state index in [2.05, 4.69) is 67.1 Å². The first-order chi connectivity index (χ1) is 8.45. The number of benzene rings is 1. The van der Waals surface area contributed by atoms with Crippen molar-refractivity contribution < 1.29 is 4.74 Å². The van der Waals surface area contributed by atoms with E-state index in [0.717, 1.165) is 23.2 Å². The first kappa shape index (κ1) is 13.9. The number of rotatable bonds is 4. The minimum atomic E-state index is 0.195. The lowest BCUT2D eigenvalue weighted by Crippen LogP contribution is -2.62. The van der Waals surface area contributed by atoms with Crippen LogP contribution < -0.4 is 10.1 Å². The summed E-state index contributed by atoms with van der Waals surface area (Å²) in [6, 6.07) is 6.81. The molecule has 1 N–H and O–H groups in total. The van der Waals surface area contributed by atoms with Crippen LogP contribution in [0.25, 0.3) is 0 Å². The molecule has 0 aromatic heterocycles. The summed E-state index contributed by atoms with van der Waals surface area (Å²) in [7, 11) is 0. The first-order valence-electron chi connectivity index (χ1n) is 6.61. The van der Waals surface area contributed by atoms with E-state index < -0.39 is 0 Å². The van der Waals surface area contributed by atoms with Crippen LogP contribution in [0.3, 0.4) is 0 Å². The third-order valence-electron chi connectivity index (χ3n) is 3.98.